The quantitative estimate of drug-likeness (QED) is 0.790. The molecule has 6 heteroatoms. The van der Waals surface area contributed by atoms with Crippen LogP contribution in [0.2, 0.25) is 0 Å². The lowest BCUT2D eigenvalue weighted by Crippen LogP contribution is -2.62. The molecule has 0 bridgehead atoms. The Morgan fingerprint density at radius 1 is 1.19 bits per heavy atom. The zero-order chi connectivity index (χ0) is 19.1. The van der Waals surface area contributed by atoms with E-state index >= 15 is 0 Å². The van der Waals surface area contributed by atoms with Crippen LogP contribution < -0.4 is 5.32 Å². The molecule has 1 N–H and O–H groups in total. The molecular formula is C21H32FN3O2. The average molecular weight is 378 g/mol. The lowest BCUT2D eigenvalue weighted by Gasteiger charge is -2.49. The Morgan fingerprint density at radius 3 is 2.59 bits per heavy atom. The molecule has 3 rings (SSSR count). The summed E-state index contributed by atoms with van der Waals surface area (Å²) >= 11 is 0. The Kier molecular flexibility index (Phi) is 7.21. The van der Waals surface area contributed by atoms with E-state index in [1.54, 1.807) is 12.1 Å². The van der Waals surface area contributed by atoms with Crippen molar-refractivity contribution in [1.82, 2.24) is 15.1 Å². The van der Waals surface area contributed by atoms with Crippen LogP contribution in [0.3, 0.4) is 0 Å². The van der Waals surface area contributed by atoms with Crippen LogP contribution in [-0.2, 0) is 16.0 Å². The summed E-state index contributed by atoms with van der Waals surface area (Å²) < 4.78 is 19.2. The maximum Gasteiger partial charge on any atom is 0.220 e. The van der Waals surface area contributed by atoms with E-state index in [1.807, 2.05) is 6.07 Å². The molecule has 0 aromatic heterocycles. The maximum atomic E-state index is 13.7. The molecule has 2 heterocycles. The van der Waals surface area contributed by atoms with Gasteiger partial charge in [-0.2, -0.15) is 0 Å². The molecule has 27 heavy (non-hydrogen) atoms. The molecule has 1 aromatic carbocycles. The fourth-order valence-corrected chi connectivity index (χ4v) is 4.17. The average Bonchev–Trinajstić information content (AvgIpc) is 2.70. The summed E-state index contributed by atoms with van der Waals surface area (Å²) in [5.41, 5.74) is 0.725. The van der Waals surface area contributed by atoms with Crippen molar-refractivity contribution in [3.05, 3.63) is 35.6 Å². The highest BCUT2D eigenvalue weighted by molar-refractivity contribution is 5.75. The van der Waals surface area contributed by atoms with Gasteiger partial charge in [0.25, 0.3) is 0 Å². The number of halogens is 1. The molecule has 2 aliphatic rings. The zero-order valence-electron chi connectivity index (χ0n) is 16.4. The molecular weight excluding hydrogens is 345 g/mol. The number of hydrogen-bond donors (Lipinski definition) is 1. The summed E-state index contributed by atoms with van der Waals surface area (Å²) in [6, 6.07) is 6.80. The topological polar surface area (TPSA) is 44.8 Å². The molecule has 2 saturated heterocycles. The normalized spacial score (nSPS) is 21.1. The highest BCUT2D eigenvalue weighted by Gasteiger charge is 2.39. The van der Waals surface area contributed by atoms with Gasteiger partial charge in [0.1, 0.15) is 5.82 Å². The molecule has 0 aliphatic carbocycles. The maximum absolute atomic E-state index is 13.7. The molecule has 5 nitrogen and oxygen atoms in total. The van der Waals surface area contributed by atoms with Crippen molar-refractivity contribution in [2.24, 2.45) is 0 Å². The van der Waals surface area contributed by atoms with Crippen molar-refractivity contribution in [2.75, 3.05) is 53.0 Å². The smallest absolute Gasteiger partial charge is 0.220 e. The summed E-state index contributed by atoms with van der Waals surface area (Å²) in [5.74, 6) is -0.117. The van der Waals surface area contributed by atoms with Crippen LogP contribution in [-0.4, -0.2) is 74.2 Å². The summed E-state index contributed by atoms with van der Waals surface area (Å²) in [6.07, 6.45) is 3.84. The molecule has 2 fully saturated rings. The first-order valence-electron chi connectivity index (χ1n) is 10.1. The molecule has 1 amide bonds. The number of nitrogens with zero attached hydrogens (tertiary/aromatic N) is 2. The monoisotopic (exact) mass is 377 g/mol. The first kappa shape index (κ1) is 20.2. The van der Waals surface area contributed by atoms with Gasteiger partial charge in [-0.25, -0.2) is 4.39 Å². The fourth-order valence-electron chi connectivity index (χ4n) is 4.17. The molecule has 0 unspecified atom stereocenters. The number of hydrogen-bond acceptors (Lipinski definition) is 4. The number of benzene rings is 1. The van der Waals surface area contributed by atoms with Crippen molar-refractivity contribution < 1.29 is 13.9 Å². The largest absolute Gasteiger partial charge is 0.379 e. The lowest BCUT2D eigenvalue weighted by atomic mass is 9.85. The third-order valence-electron chi connectivity index (χ3n) is 6.02. The Bertz CT molecular complexity index is 611. The molecule has 150 valence electrons. The van der Waals surface area contributed by atoms with E-state index in [4.69, 9.17) is 4.74 Å². The van der Waals surface area contributed by atoms with Gasteiger partial charge in [0, 0.05) is 31.6 Å². The highest BCUT2D eigenvalue weighted by Crippen LogP contribution is 2.29. The second-order valence-electron chi connectivity index (χ2n) is 7.85. The summed E-state index contributed by atoms with van der Waals surface area (Å²) in [7, 11) is 2.16. The van der Waals surface area contributed by atoms with E-state index in [0.717, 1.165) is 52.2 Å². The minimum atomic E-state index is -0.185. The number of aryl methyl sites for hydroxylation is 1. The molecule has 2 aliphatic heterocycles. The number of ether oxygens (including phenoxy) is 1. The predicted molar refractivity (Wildman–Crippen MR) is 104 cm³/mol. The zero-order valence-corrected chi connectivity index (χ0v) is 16.4. The Morgan fingerprint density at radius 2 is 1.89 bits per heavy atom. The molecule has 0 spiro atoms. The molecule has 1 aromatic rings. The van der Waals surface area contributed by atoms with Gasteiger partial charge in [0.15, 0.2) is 0 Å². The Hall–Kier alpha value is -1.50. The van der Waals surface area contributed by atoms with Gasteiger partial charge < -0.3 is 15.0 Å². The lowest BCUT2D eigenvalue weighted by molar-refractivity contribution is -0.122. The van der Waals surface area contributed by atoms with Crippen LogP contribution in [0.4, 0.5) is 4.39 Å². The van der Waals surface area contributed by atoms with Crippen molar-refractivity contribution >= 4 is 5.91 Å². The van der Waals surface area contributed by atoms with Gasteiger partial charge in [-0.05, 0) is 57.5 Å². The van der Waals surface area contributed by atoms with Crippen LogP contribution in [0.1, 0.15) is 31.2 Å². The number of amides is 1. The van der Waals surface area contributed by atoms with Crippen LogP contribution in [0.5, 0.6) is 0 Å². The van der Waals surface area contributed by atoms with E-state index in [1.165, 1.54) is 6.07 Å². The van der Waals surface area contributed by atoms with Crippen LogP contribution in [0.25, 0.3) is 0 Å². The highest BCUT2D eigenvalue weighted by atomic mass is 19.1. The minimum absolute atomic E-state index is 0.0392. The molecule has 0 atom stereocenters. The third-order valence-corrected chi connectivity index (χ3v) is 6.02. The number of piperidine rings is 1. The molecule has 0 radical (unpaired) electrons. The van der Waals surface area contributed by atoms with Crippen molar-refractivity contribution in [2.45, 2.75) is 37.6 Å². The minimum Gasteiger partial charge on any atom is -0.379 e. The fraction of sp³-hybridized carbons (Fsp3) is 0.667. The number of morpholine rings is 1. The van der Waals surface area contributed by atoms with Gasteiger partial charge in [0.2, 0.25) is 5.91 Å². The van der Waals surface area contributed by atoms with E-state index in [0.29, 0.717) is 31.4 Å². The van der Waals surface area contributed by atoms with Crippen molar-refractivity contribution in [3.8, 4) is 0 Å². The van der Waals surface area contributed by atoms with Crippen molar-refractivity contribution in [1.29, 1.82) is 0 Å². The van der Waals surface area contributed by atoms with Gasteiger partial charge >= 0.3 is 0 Å². The Labute approximate surface area is 161 Å². The summed E-state index contributed by atoms with van der Waals surface area (Å²) in [6.45, 7) is 6.22. The first-order chi connectivity index (χ1) is 13.1. The molecule has 0 saturated carbocycles. The van der Waals surface area contributed by atoms with Crippen molar-refractivity contribution in [3.63, 3.8) is 0 Å². The second kappa shape index (κ2) is 9.62. The van der Waals surface area contributed by atoms with Gasteiger partial charge in [-0.15, -0.1) is 0 Å². The van der Waals surface area contributed by atoms with Gasteiger partial charge in [-0.3, -0.25) is 9.69 Å². The van der Waals surface area contributed by atoms with E-state index in [9.17, 15) is 9.18 Å². The number of rotatable bonds is 7. The van der Waals surface area contributed by atoms with Crippen LogP contribution >= 0.6 is 0 Å². The van der Waals surface area contributed by atoms with Gasteiger partial charge in [0.05, 0.1) is 13.2 Å². The van der Waals surface area contributed by atoms with E-state index in [2.05, 4.69) is 22.2 Å². The summed E-state index contributed by atoms with van der Waals surface area (Å²) in [4.78, 5) is 17.3. The van der Waals surface area contributed by atoms with E-state index < -0.39 is 0 Å². The van der Waals surface area contributed by atoms with Crippen LogP contribution in [0, 0.1) is 5.82 Å². The second-order valence-corrected chi connectivity index (χ2v) is 7.85. The van der Waals surface area contributed by atoms with Crippen LogP contribution in [0.15, 0.2) is 24.3 Å². The standard InChI is InChI=1S/C21H32FN3O2/c1-24-11-9-21(10-12-24,25-13-15-27-16-14-25)17-23-20(26)8-4-6-18-5-2-3-7-19(18)22/h2-3,5,7H,4,6,8-17H2,1H3,(H,23,26). The number of nitrogens with one attached hydrogen (secondary N) is 1. The van der Waals surface area contributed by atoms with E-state index in [-0.39, 0.29) is 17.3 Å². The third kappa shape index (κ3) is 5.50. The predicted octanol–water partition coefficient (Wildman–Crippen LogP) is 2.06. The number of carbonyl (C=O) groups excluding carboxylic acids is 1. The first-order valence-corrected chi connectivity index (χ1v) is 10.1. The summed E-state index contributed by atoms with van der Waals surface area (Å²) in [5, 5.41) is 3.17. The SMILES string of the molecule is CN1CCC(CNC(=O)CCCc2ccccc2F)(N2CCOCC2)CC1. The number of likely N-dealkylation sites (tertiary alicyclic amines) is 1. The Balaban J connectivity index is 1.49. The van der Waals surface area contributed by atoms with Gasteiger partial charge in [-0.1, -0.05) is 18.2 Å². The number of carbonyl (C=O) groups is 1.